The molecule has 0 unspecified atom stereocenters. The molecular formula is C9H18NO4+. The van der Waals surface area contributed by atoms with Gasteiger partial charge in [-0.2, -0.15) is 0 Å². The van der Waals surface area contributed by atoms with Gasteiger partial charge in [0.15, 0.2) is 6.08 Å². The number of aliphatic carboxylic acids is 1. The van der Waals surface area contributed by atoms with Crippen molar-refractivity contribution in [3.63, 3.8) is 0 Å². The molecule has 1 N–H and O–H groups in total. The lowest BCUT2D eigenvalue weighted by molar-refractivity contribution is -0.873. The van der Waals surface area contributed by atoms with Crippen LogP contribution in [0.1, 0.15) is 36.5 Å². The Morgan fingerprint density at radius 2 is 2.29 bits per heavy atom. The van der Waals surface area contributed by atoms with E-state index in [-0.39, 0.29) is 0 Å². The molecule has 0 aromatic carbocycles. The van der Waals surface area contributed by atoms with Crippen molar-refractivity contribution in [3.8, 4) is 0 Å². The second-order valence-corrected chi connectivity index (χ2v) is 1.93. The molecule has 0 rings (SSSR count). The number of carbonyl (C=O) groups excluding carboxylic acids is 1. The van der Waals surface area contributed by atoms with E-state index in [0.29, 0.717) is 0 Å². The van der Waals surface area contributed by atoms with Crippen molar-refractivity contribution in [2.75, 3.05) is 27.4 Å². The second kappa shape index (κ2) is 4.95. The third-order valence-electron chi connectivity index (χ3n) is 0.684. The number of carboxylic acid groups (broad SMARTS) is 1. The molecular weight excluding hydrogens is 186 g/mol. The molecule has 82 valence electrons. The van der Waals surface area contributed by atoms with Crippen LogP contribution in [0.4, 0.5) is 0 Å². The summed E-state index contributed by atoms with van der Waals surface area (Å²) in [6.45, 7) is -22.3. The van der Waals surface area contributed by atoms with Gasteiger partial charge in [-0.25, -0.2) is 0 Å². The molecule has 0 aromatic rings. The van der Waals surface area contributed by atoms with E-state index in [9.17, 15) is 9.59 Å². The minimum Gasteiger partial charge on any atom is -0.481 e. The molecule has 0 saturated heterocycles. The van der Waals surface area contributed by atoms with Crippen LogP contribution in [0.25, 0.3) is 0 Å². The SMILES string of the molecule is [2H]C([2H])([2H])C(=O)O[C@@]([2H])(C([2H])([2H])C(=O)O)C([2H])([2H])[N+](C([2H])([2H])[2H])(C([2H])([2H])[2H])C([2H])([2H])[2H]. The summed E-state index contributed by atoms with van der Waals surface area (Å²) >= 11 is 0. The highest BCUT2D eigenvalue weighted by Crippen LogP contribution is 2.04. The van der Waals surface area contributed by atoms with Crippen molar-refractivity contribution >= 4 is 11.9 Å². The quantitative estimate of drug-likeness (QED) is 0.528. The molecule has 1 atom stereocenters. The molecule has 0 spiro atoms. The Hall–Kier alpha value is -1.10. The van der Waals surface area contributed by atoms with Gasteiger partial charge in [-0.3, -0.25) is 9.59 Å². The predicted molar refractivity (Wildman–Crippen MR) is 50.7 cm³/mol. The summed E-state index contributed by atoms with van der Waals surface area (Å²) in [6.07, 6.45) is -9.41. The lowest BCUT2D eigenvalue weighted by Crippen LogP contribution is -2.43. The number of carboxylic acids is 1. The lowest BCUT2D eigenvalue weighted by Gasteiger charge is -2.28. The molecule has 0 amide bonds. The standard InChI is InChI=1S/C9H17NO4/c1-7(11)14-8(5-9(12)13)6-10(2,3)4/h8H,5-6H2,1-4H3/p+1/t8-/m0/s1/i1D3,2D3,3D3,4D3,5D2,6D2,8D. The molecule has 5 heteroatoms. The topological polar surface area (TPSA) is 63.6 Å². The zero-order valence-electron chi connectivity index (χ0n) is 23.6. The normalized spacial score (nSPS) is 39.3. The van der Waals surface area contributed by atoms with Gasteiger partial charge in [0, 0.05) is 13.7 Å². The molecule has 14 heavy (non-hydrogen) atoms. The van der Waals surface area contributed by atoms with Crippen LogP contribution in [-0.4, -0.2) is 55.0 Å². The summed E-state index contributed by atoms with van der Waals surface area (Å²) in [7, 11) is 0. The number of rotatable bonds is 5. The van der Waals surface area contributed by atoms with Gasteiger partial charge >= 0.3 is 11.9 Å². The minimum absolute atomic E-state index is 2.61. The Morgan fingerprint density at radius 1 is 1.64 bits per heavy atom. The maximum absolute atomic E-state index is 11.8. The van der Waals surface area contributed by atoms with E-state index in [1.807, 2.05) is 0 Å². The van der Waals surface area contributed by atoms with Crippen molar-refractivity contribution < 1.29 is 47.2 Å². The van der Waals surface area contributed by atoms with Gasteiger partial charge in [-0.05, 0) is 0 Å². The largest absolute Gasteiger partial charge is 0.481 e. The fourth-order valence-electron chi connectivity index (χ4n) is 0.418. The molecule has 0 saturated carbocycles. The number of likely N-dealkylation sites (N-methyl/N-ethyl adjacent to an activating group) is 1. The molecule has 0 aliphatic heterocycles. The van der Waals surface area contributed by atoms with Gasteiger partial charge in [-0.15, -0.1) is 0 Å². The van der Waals surface area contributed by atoms with Crippen LogP contribution in [0, 0.1) is 0 Å². The highest BCUT2D eigenvalue weighted by atomic mass is 16.5. The van der Waals surface area contributed by atoms with Crippen LogP contribution in [-0.2, 0) is 14.3 Å². The zero-order chi connectivity index (χ0) is 25.9. The van der Waals surface area contributed by atoms with Crippen molar-refractivity contribution in [3.05, 3.63) is 0 Å². The number of hydrogen-bond donors (Lipinski definition) is 1. The molecule has 0 aliphatic rings. The number of hydrogen-bond acceptors (Lipinski definition) is 3. The van der Waals surface area contributed by atoms with Crippen LogP contribution in [0.15, 0.2) is 0 Å². The van der Waals surface area contributed by atoms with E-state index >= 15 is 0 Å². The first-order valence-electron chi connectivity index (χ1n) is 11.4. The smallest absolute Gasteiger partial charge is 0.307 e. The average Bonchev–Trinajstić information content (AvgIpc) is 2.40. The first kappa shape index (κ1) is 2.19. The molecule has 0 aromatic heterocycles. The fraction of sp³-hybridized carbons (Fsp3) is 0.778. The summed E-state index contributed by atoms with van der Waals surface area (Å²) in [5.41, 5.74) is 0. The summed E-state index contributed by atoms with van der Waals surface area (Å²) < 4.78 is 127. The highest BCUT2D eigenvalue weighted by molar-refractivity contribution is 5.69. The maximum Gasteiger partial charge on any atom is 0.307 e. The van der Waals surface area contributed by atoms with Crippen LogP contribution in [0.5, 0.6) is 0 Å². The van der Waals surface area contributed by atoms with Gasteiger partial charge in [0.05, 0.1) is 43.7 Å². The van der Waals surface area contributed by atoms with Crippen molar-refractivity contribution in [1.82, 2.24) is 0 Å². The first-order chi connectivity index (χ1) is 13.1. The van der Waals surface area contributed by atoms with Crippen LogP contribution in [0.2, 0.25) is 0 Å². The Kier molecular flexibility index (Phi) is 0.773. The third-order valence-corrected chi connectivity index (χ3v) is 0.684. The monoisotopic (exact) mass is 221 g/mol. The maximum atomic E-state index is 11.8. The van der Waals surface area contributed by atoms with Gasteiger partial charge in [0.2, 0.25) is 0 Å². The number of ether oxygens (including phenoxy) is 1. The Labute approximate surface area is 108 Å². The van der Waals surface area contributed by atoms with Gasteiger partial charge in [0.1, 0.15) is 6.50 Å². The molecule has 5 nitrogen and oxygen atoms in total. The molecule has 0 fully saturated rings. The summed E-state index contributed by atoms with van der Waals surface area (Å²) in [4.78, 5) is 23.2. The molecule has 0 radical (unpaired) electrons. The number of nitrogens with zero attached hydrogens (tertiary/aromatic N) is 1. The second-order valence-electron chi connectivity index (χ2n) is 1.93. The van der Waals surface area contributed by atoms with E-state index in [1.165, 1.54) is 0 Å². The van der Waals surface area contributed by atoms with Gasteiger partial charge in [-0.1, -0.05) is 0 Å². The number of esters is 1. The van der Waals surface area contributed by atoms with Crippen molar-refractivity contribution in [2.24, 2.45) is 0 Å². The van der Waals surface area contributed by atoms with Crippen molar-refractivity contribution in [1.29, 1.82) is 0 Å². The summed E-state index contributed by atoms with van der Waals surface area (Å²) in [5, 5.41) is 9.11. The Morgan fingerprint density at radius 3 is 2.71 bits per heavy atom. The predicted octanol–water partition coefficient (Wildman–Crippen LogP) is 0.0990. The van der Waals surface area contributed by atoms with Gasteiger partial charge < -0.3 is 14.3 Å². The zero-order valence-corrected chi connectivity index (χ0v) is 6.62. The molecule has 0 heterocycles. The van der Waals surface area contributed by atoms with Crippen molar-refractivity contribution in [2.45, 2.75) is 19.3 Å². The lowest BCUT2D eigenvalue weighted by atomic mass is 10.2. The first-order valence-corrected chi connectivity index (χ1v) is 2.93. The van der Waals surface area contributed by atoms with Crippen LogP contribution in [0.3, 0.4) is 0 Å². The average molecular weight is 221 g/mol. The van der Waals surface area contributed by atoms with E-state index < -0.39 is 63.2 Å². The van der Waals surface area contributed by atoms with Gasteiger partial charge in [0.25, 0.3) is 0 Å². The number of carbonyl (C=O) groups is 2. The summed E-state index contributed by atoms with van der Waals surface area (Å²) in [5.74, 6) is -5.43. The Bertz CT molecular complexity index is 679. The fourth-order valence-corrected chi connectivity index (χ4v) is 0.418. The molecule has 0 bridgehead atoms. The van der Waals surface area contributed by atoms with E-state index in [1.54, 1.807) is 0 Å². The summed E-state index contributed by atoms with van der Waals surface area (Å²) in [6, 6.07) is 0. The minimum atomic E-state index is -4.95. The van der Waals surface area contributed by atoms with E-state index in [4.69, 9.17) is 28.4 Å². The third kappa shape index (κ3) is 7.54. The number of quaternary nitrogens is 1. The van der Waals surface area contributed by atoms with Crippen LogP contribution < -0.4 is 0 Å². The van der Waals surface area contributed by atoms with E-state index in [0.717, 1.165) is 0 Å². The Balaban J connectivity index is 7.75. The molecule has 0 aliphatic carbocycles. The van der Waals surface area contributed by atoms with E-state index in [2.05, 4.69) is 4.74 Å². The highest BCUT2D eigenvalue weighted by Gasteiger charge is 2.23. The van der Waals surface area contributed by atoms with Crippen LogP contribution >= 0.6 is 0 Å².